The van der Waals surface area contributed by atoms with Crippen molar-refractivity contribution in [2.24, 2.45) is 0 Å². The molecule has 1 aliphatic heterocycles. The number of nitrogens with one attached hydrogen (secondary N) is 2. The van der Waals surface area contributed by atoms with Crippen LogP contribution in [0.1, 0.15) is 36.6 Å². The number of imide groups is 1. The zero-order chi connectivity index (χ0) is 24.4. The van der Waals surface area contributed by atoms with Crippen molar-refractivity contribution in [2.45, 2.75) is 6.92 Å². The fraction of sp³-hybridized carbons (Fsp3) is 0.125. The van der Waals surface area contributed by atoms with Crippen molar-refractivity contribution in [1.82, 2.24) is 4.90 Å². The highest BCUT2D eigenvalue weighted by Gasteiger charge is 2.34. The fourth-order valence-electron chi connectivity index (χ4n) is 3.59. The summed E-state index contributed by atoms with van der Waals surface area (Å²) in [5.74, 6) is -1.33. The van der Waals surface area contributed by atoms with E-state index in [-0.39, 0.29) is 30.0 Å². The Balaban J connectivity index is 1.44. The lowest BCUT2D eigenvalue weighted by Gasteiger charge is -2.15. The summed E-state index contributed by atoms with van der Waals surface area (Å²) in [6.45, 7) is 1.96. The number of nitro groups is 1. The minimum Gasteiger partial charge on any atom is -0.378 e. The third kappa shape index (κ3) is 4.46. The Bertz CT molecular complexity index is 1310. The average molecular weight is 479 g/mol. The summed E-state index contributed by atoms with van der Waals surface area (Å²) >= 11 is 6.08. The second-order valence-electron chi connectivity index (χ2n) is 7.64. The quantitative estimate of drug-likeness (QED) is 0.292. The van der Waals surface area contributed by atoms with E-state index < -0.39 is 22.6 Å². The van der Waals surface area contributed by atoms with Crippen molar-refractivity contribution in [3.8, 4) is 0 Å². The van der Waals surface area contributed by atoms with Crippen LogP contribution in [0.2, 0.25) is 5.02 Å². The Kier molecular flexibility index (Phi) is 6.29. The first-order valence-electron chi connectivity index (χ1n) is 10.3. The van der Waals surface area contributed by atoms with Gasteiger partial charge in [-0.25, -0.2) is 0 Å². The molecule has 10 heteroatoms. The molecule has 172 valence electrons. The van der Waals surface area contributed by atoms with E-state index in [1.54, 1.807) is 42.5 Å². The number of halogens is 1. The normalized spacial score (nSPS) is 12.5. The van der Waals surface area contributed by atoms with E-state index in [0.717, 1.165) is 16.5 Å². The number of hydrogen-bond donors (Lipinski definition) is 2. The molecule has 3 aromatic carbocycles. The van der Waals surface area contributed by atoms with E-state index >= 15 is 0 Å². The Morgan fingerprint density at radius 3 is 2.32 bits per heavy atom. The van der Waals surface area contributed by atoms with E-state index in [4.69, 9.17) is 11.6 Å². The van der Waals surface area contributed by atoms with Crippen LogP contribution in [0, 0.1) is 17.0 Å². The smallest absolute Gasteiger partial charge is 0.293 e. The lowest BCUT2D eigenvalue weighted by molar-refractivity contribution is -0.384. The van der Waals surface area contributed by atoms with Gasteiger partial charge in [-0.3, -0.25) is 29.4 Å². The second kappa shape index (κ2) is 9.32. The zero-order valence-electron chi connectivity index (χ0n) is 18.0. The number of carbonyl (C=O) groups is 3. The first-order chi connectivity index (χ1) is 16.3. The van der Waals surface area contributed by atoms with Crippen LogP contribution in [0.25, 0.3) is 0 Å². The van der Waals surface area contributed by atoms with Crippen LogP contribution in [0.5, 0.6) is 0 Å². The molecule has 0 radical (unpaired) electrons. The highest BCUT2D eigenvalue weighted by molar-refractivity contribution is 6.31. The molecule has 0 aliphatic carbocycles. The standard InChI is InChI=1S/C24H19ClN4O5/c1-14-6-8-16(13-19(14)25)27-22(30)15-7-9-20(21(12-15)29(33)34)26-10-11-28-23(31)17-4-2-3-5-18(17)24(28)32/h2-9,12-13,26H,10-11H2,1H3,(H,27,30). The monoisotopic (exact) mass is 478 g/mol. The molecule has 0 unspecified atom stereocenters. The summed E-state index contributed by atoms with van der Waals surface area (Å²) in [4.78, 5) is 49.6. The van der Waals surface area contributed by atoms with Crippen molar-refractivity contribution < 1.29 is 19.3 Å². The number of rotatable bonds is 7. The molecule has 3 amide bonds. The molecule has 0 bridgehead atoms. The van der Waals surface area contributed by atoms with Gasteiger partial charge in [-0.1, -0.05) is 29.8 Å². The van der Waals surface area contributed by atoms with Gasteiger partial charge in [-0.2, -0.15) is 0 Å². The molecule has 0 saturated carbocycles. The van der Waals surface area contributed by atoms with Crippen LogP contribution >= 0.6 is 11.6 Å². The highest BCUT2D eigenvalue weighted by atomic mass is 35.5. The number of benzene rings is 3. The van der Waals surface area contributed by atoms with Gasteiger partial charge >= 0.3 is 0 Å². The molecule has 1 aliphatic rings. The molecule has 0 atom stereocenters. The van der Waals surface area contributed by atoms with Gasteiger partial charge < -0.3 is 10.6 Å². The molecule has 2 N–H and O–H groups in total. The molecule has 0 spiro atoms. The predicted molar refractivity (Wildman–Crippen MR) is 128 cm³/mol. The lowest BCUT2D eigenvalue weighted by atomic mass is 10.1. The maximum atomic E-state index is 12.6. The summed E-state index contributed by atoms with van der Waals surface area (Å²) in [7, 11) is 0. The van der Waals surface area contributed by atoms with Crippen molar-refractivity contribution in [3.05, 3.63) is 98.1 Å². The minimum absolute atomic E-state index is 0.0277. The molecule has 0 aromatic heterocycles. The predicted octanol–water partition coefficient (Wildman–Crippen LogP) is 4.52. The van der Waals surface area contributed by atoms with Crippen molar-refractivity contribution in [2.75, 3.05) is 23.7 Å². The van der Waals surface area contributed by atoms with Crippen LogP contribution < -0.4 is 10.6 Å². The largest absolute Gasteiger partial charge is 0.378 e. The van der Waals surface area contributed by atoms with Gasteiger partial charge in [0.1, 0.15) is 5.69 Å². The Morgan fingerprint density at radius 1 is 1.03 bits per heavy atom. The Morgan fingerprint density at radius 2 is 1.71 bits per heavy atom. The number of amides is 3. The zero-order valence-corrected chi connectivity index (χ0v) is 18.8. The van der Waals surface area contributed by atoms with Crippen LogP contribution in [0.15, 0.2) is 60.7 Å². The molecule has 0 fully saturated rings. The maximum Gasteiger partial charge on any atom is 0.293 e. The summed E-state index contributed by atoms with van der Waals surface area (Å²) < 4.78 is 0. The number of nitrogens with zero attached hydrogens (tertiary/aromatic N) is 2. The van der Waals surface area contributed by atoms with Crippen LogP contribution in [-0.2, 0) is 0 Å². The summed E-state index contributed by atoms with van der Waals surface area (Å²) in [6, 6.07) is 15.6. The number of anilines is 2. The molecular formula is C24H19ClN4O5. The molecule has 9 nitrogen and oxygen atoms in total. The van der Waals surface area contributed by atoms with Crippen LogP contribution in [-0.4, -0.2) is 40.6 Å². The van der Waals surface area contributed by atoms with E-state index in [1.807, 2.05) is 6.92 Å². The number of carbonyl (C=O) groups excluding carboxylic acids is 3. The van der Waals surface area contributed by atoms with Crippen molar-refractivity contribution in [3.63, 3.8) is 0 Å². The Hall–Kier alpha value is -4.24. The first kappa shape index (κ1) is 22.9. The van der Waals surface area contributed by atoms with Gasteiger partial charge in [0, 0.05) is 35.4 Å². The first-order valence-corrected chi connectivity index (χ1v) is 10.7. The van der Waals surface area contributed by atoms with Crippen molar-refractivity contribution >= 4 is 46.4 Å². The number of fused-ring (bicyclic) bond motifs is 1. The summed E-state index contributed by atoms with van der Waals surface area (Å²) in [6.07, 6.45) is 0. The number of aryl methyl sites for hydroxylation is 1. The maximum absolute atomic E-state index is 12.6. The van der Waals surface area contributed by atoms with Crippen LogP contribution in [0.3, 0.4) is 0 Å². The molecule has 1 heterocycles. The fourth-order valence-corrected chi connectivity index (χ4v) is 3.77. The van der Waals surface area contributed by atoms with Gasteiger partial charge in [0.25, 0.3) is 23.4 Å². The van der Waals surface area contributed by atoms with Gasteiger partial charge in [0.05, 0.1) is 16.1 Å². The third-order valence-electron chi connectivity index (χ3n) is 5.42. The minimum atomic E-state index is -0.607. The van der Waals surface area contributed by atoms with E-state index in [2.05, 4.69) is 10.6 Å². The molecule has 0 saturated heterocycles. The van der Waals surface area contributed by atoms with E-state index in [0.29, 0.717) is 21.8 Å². The van der Waals surface area contributed by atoms with Gasteiger partial charge in [0.2, 0.25) is 0 Å². The van der Waals surface area contributed by atoms with Crippen LogP contribution in [0.4, 0.5) is 17.1 Å². The Labute approximate surface area is 199 Å². The molecule has 34 heavy (non-hydrogen) atoms. The highest BCUT2D eigenvalue weighted by Crippen LogP contribution is 2.27. The third-order valence-corrected chi connectivity index (χ3v) is 5.82. The second-order valence-corrected chi connectivity index (χ2v) is 8.05. The molecule has 4 rings (SSSR count). The van der Waals surface area contributed by atoms with Gasteiger partial charge in [-0.15, -0.1) is 0 Å². The lowest BCUT2D eigenvalue weighted by Crippen LogP contribution is -2.34. The van der Waals surface area contributed by atoms with E-state index in [1.165, 1.54) is 12.1 Å². The SMILES string of the molecule is Cc1ccc(NC(=O)c2ccc(NCCN3C(=O)c4ccccc4C3=O)c([N+](=O)[O-])c2)cc1Cl. The average Bonchev–Trinajstić information content (AvgIpc) is 3.06. The number of hydrogen-bond acceptors (Lipinski definition) is 6. The van der Waals surface area contributed by atoms with E-state index in [9.17, 15) is 24.5 Å². The van der Waals surface area contributed by atoms with Gasteiger partial charge in [-0.05, 0) is 48.9 Å². The molecule has 3 aromatic rings. The summed E-state index contributed by atoms with van der Waals surface area (Å²) in [5.41, 5.74) is 1.94. The molecular weight excluding hydrogens is 460 g/mol. The number of nitro benzene ring substituents is 1. The van der Waals surface area contributed by atoms with Crippen molar-refractivity contribution in [1.29, 1.82) is 0 Å². The topological polar surface area (TPSA) is 122 Å². The summed E-state index contributed by atoms with van der Waals surface area (Å²) in [5, 5.41) is 17.6. The van der Waals surface area contributed by atoms with Gasteiger partial charge in [0.15, 0.2) is 0 Å².